The van der Waals surface area contributed by atoms with Crippen LogP contribution in [-0.4, -0.2) is 38.0 Å². The van der Waals surface area contributed by atoms with E-state index in [1.54, 1.807) is 25.3 Å². The van der Waals surface area contributed by atoms with Gasteiger partial charge in [0.25, 0.3) is 0 Å². The van der Waals surface area contributed by atoms with Crippen molar-refractivity contribution in [2.75, 3.05) is 19.5 Å². The third-order valence-electron chi connectivity index (χ3n) is 5.74. The molecular formula is C24H30ClNO4S. The van der Waals surface area contributed by atoms with Gasteiger partial charge in [-0.1, -0.05) is 49.6 Å². The van der Waals surface area contributed by atoms with Gasteiger partial charge in [0.15, 0.2) is 9.84 Å². The maximum atomic E-state index is 12.6. The predicted octanol–water partition coefficient (Wildman–Crippen LogP) is 5.08. The Kier molecular flexibility index (Phi) is 8.14. The topological polar surface area (TPSA) is 76.5 Å². The number of hydrogen-bond donors (Lipinski definition) is 1. The Morgan fingerprint density at radius 1 is 1.26 bits per heavy atom. The minimum Gasteiger partial charge on any atom is -0.481 e. The molecule has 1 saturated carbocycles. The molecule has 7 heteroatoms. The maximum absolute atomic E-state index is 12.6. The molecule has 0 bridgehead atoms. The highest BCUT2D eigenvalue weighted by atomic mass is 35.5. The van der Waals surface area contributed by atoms with Crippen molar-refractivity contribution in [2.45, 2.75) is 50.3 Å². The molecule has 0 atom stereocenters. The number of hydrogen-bond acceptors (Lipinski definition) is 5. The van der Waals surface area contributed by atoms with Crippen molar-refractivity contribution >= 4 is 27.0 Å². The first-order chi connectivity index (χ1) is 14.9. The molecule has 2 aromatic rings. The van der Waals surface area contributed by atoms with Gasteiger partial charge >= 0.3 is 0 Å². The summed E-state index contributed by atoms with van der Waals surface area (Å²) in [5.74, 6) is 0.928. The zero-order valence-electron chi connectivity index (χ0n) is 18.1. The predicted molar refractivity (Wildman–Crippen MR) is 124 cm³/mol. The molecule has 168 valence electrons. The van der Waals surface area contributed by atoms with Crippen molar-refractivity contribution in [2.24, 2.45) is 5.92 Å². The number of rotatable bonds is 9. The van der Waals surface area contributed by atoms with Gasteiger partial charge in [0.2, 0.25) is 5.88 Å². The molecule has 1 aromatic heterocycles. The number of nitrogens with zero attached hydrogens (tertiary/aromatic N) is 1. The van der Waals surface area contributed by atoms with E-state index in [2.05, 4.69) is 13.0 Å². The van der Waals surface area contributed by atoms with Crippen LogP contribution in [0.2, 0.25) is 5.02 Å². The molecule has 0 aliphatic heterocycles. The number of methoxy groups -OCH3 is 1. The van der Waals surface area contributed by atoms with Crippen LogP contribution in [0.15, 0.2) is 41.3 Å². The van der Waals surface area contributed by atoms with Crippen molar-refractivity contribution in [3.8, 4) is 5.88 Å². The summed E-state index contributed by atoms with van der Waals surface area (Å²) in [6.45, 7) is 1.88. The van der Waals surface area contributed by atoms with E-state index < -0.39 is 9.84 Å². The van der Waals surface area contributed by atoms with Gasteiger partial charge in [-0.2, -0.15) is 0 Å². The Bertz CT molecular complexity index is 1040. The third kappa shape index (κ3) is 5.68. The van der Waals surface area contributed by atoms with Gasteiger partial charge < -0.3 is 9.84 Å². The minimum absolute atomic E-state index is 0.0958. The first kappa shape index (κ1) is 23.8. The van der Waals surface area contributed by atoms with Gasteiger partial charge in [-0.05, 0) is 55.4 Å². The molecule has 0 spiro atoms. The number of allylic oxidation sites excluding steroid dienone is 1. The zero-order valence-corrected chi connectivity index (χ0v) is 19.7. The van der Waals surface area contributed by atoms with Crippen LogP contribution in [0.1, 0.15) is 55.8 Å². The van der Waals surface area contributed by atoms with E-state index in [0.717, 1.165) is 41.7 Å². The summed E-state index contributed by atoms with van der Waals surface area (Å²) in [6.07, 6.45) is 7.94. The van der Waals surface area contributed by atoms with Crippen LogP contribution < -0.4 is 4.74 Å². The lowest BCUT2D eigenvalue weighted by Crippen LogP contribution is -2.09. The largest absolute Gasteiger partial charge is 0.481 e. The second kappa shape index (κ2) is 10.6. The number of pyridine rings is 1. The highest BCUT2D eigenvalue weighted by Crippen LogP contribution is 2.35. The summed E-state index contributed by atoms with van der Waals surface area (Å²) in [5.41, 5.74) is 3.59. The smallest absolute Gasteiger partial charge is 0.216 e. The SMILES string of the molecule is CCc1ccc(C(=CC2CCCC2)c2ccc(S(=O)(=O)CCCO)c(Cl)c2)nc1OC. The van der Waals surface area contributed by atoms with Gasteiger partial charge in [0, 0.05) is 17.7 Å². The fraction of sp³-hybridized carbons (Fsp3) is 0.458. The van der Waals surface area contributed by atoms with Crippen LogP contribution >= 0.6 is 11.6 Å². The van der Waals surface area contributed by atoms with Gasteiger partial charge in [-0.15, -0.1) is 0 Å². The van der Waals surface area contributed by atoms with Gasteiger partial charge in [-0.3, -0.25) is 0 Å². The standard InChI is InChI=1S/C24H30ClNO4S/c1-3-18-9-11-22(26-24(18)30-2)20(15-17-7-4-5-8-17)19-10-12-23(21(25)16-19)31(28,29)14-6-13-27/h9-12,15-17,27H,3-8,13-14H2,1-2H3. The molecule has 1 aliphatic carbocycles. The van der Waals surface area contributed by atoms with Crippen LogP contribution in [0.4, 0.5) is 0 Å². The van der Waals surface area contributed by atoms with Crippen molar-refractivity contribution in [1.29, 1.82) is 0 Å². The second-order valence-electron chi connectivity index (χ2n) is 7.88. The lowest BCUT2D eigenvalue weighted by Gasteiger charge is -2.15. The molecule has 3 rings (SSSR count). The molecule has 1 fully saturated rings. The fourth-order valence-corrected chi connectivity index (χ4v) is 5.93. The molecule has 1 aromatic carbocycles. The molecule has 0 radical (unpaired) electrons. The molecule has 0 saturated heterocycles. The van der Waals surface area contributed by atoms with Gasteiger partial charge in [0.1, 0.15) is 0 Å². The van der Waals surface area contributed by atoms with Crippen molar-refractivity contribution < 1.29 is 18.3 Å². The summed E-state index contributed by atoms with van der Waals surface area (Å²) in [4.78, 5) is 4.84. The first-order valence-corrected chi connectivity index (χ1v) is 12.8. The fourth-order valence-electron chi connectivity index (χ4n) is 4.04. The van der Waals surface area contributed by atoms with Crippen LogP contribution in [0.5, 0.6) is 5.88 Å². The first-order valence-electron chi connectivity index (χ1n) is 10.8. The summed E-state index contributed by atoms with van der Waals surface area (Å²) in [7, 11) is -1.93. The van der Waals surface area contributed by atoms with Gasteiger partial charge in [0.05, 0.1) is 28.5 Å². The molecule has 5 nitrogen and oxygen atoms in total. The normalized spacial score (nSPS) is 15.4. The number of ether oxygens (including phenoxy) is 1. The minimum atomic E-state index is -3.55. The van der Waals surface area contributed by atoms with Crippen LogP contribution in [0.25, 0.3) is 5.57 Å². The number of aryl methyl sites for hydroxylation is 1. The Hall–Kier alpha value is -1.89. The molecule has 1 aliphatic rings. The average molecular weight is 464 g/mol. The number of aliphatic hydroxyl groups is 1. The summed E-state index contributed by atoms with van der Waals surface area (Å²) >= 11 is 6.43. The molecule has 0 unspecified atom stereocenters. The monoisotopic (exact) mass is 463 g/mol. The maximum Gasteiger partial charge on any atom is 0.216 e. The third-order valence-corrected chi connectivity index (χ3v) is 8.02. The molecular weight excluding hydrogens is 434 g/mol. The van der Waals surface area contributed by atoms with E-state index in [1.165, 1.54) is 12.8 Å². The summed E-state index contributed by atoms with van der Waals surface area (Å²) < 4.78 is 30.6. The summed E-state index contributed by atoms with van der Waals surface area (Å²) in [6, 6.07) is 9.07. The zero-order chi connectivity index (χ0) is 22.4. The van der Waals surface area contributed by atoms with E-state index >= 15 is 0 Å². The quantitative estimate of drug-likeness (QED) is 0.560. The molecule has 1 N–H and O–H groups in total. The van der Waals surface area contributed by atoms with Crippen molar-refractivity contribution in [3.05, 3.63) is 58.3 Å². The number of halogens is 1. The molecule has 1 heterocycles. The lowest BCUT2D eigenvalue weighted by molar-refractivity contribution is 0.295. The highest BCUT2D eigenvalue weighted by molar-refractivity contribution is 7.91. The Morgan fingerprint density at radius 3 is 2.61 bits per heavy atom. The van der Waals surface area contributed by atoms with Crippen molar-refractivity contribution in [3.63, 3.8) is 0 Å². The lowest BCUT2D eigenvalue weighted by atomic mass is 9.95. The number of benzene rings is 1. The Morgan fingerprint density at radius 2 is 2.00 bits per heavy atom. The number of sulfone groups is 1. The van der Waals surface area contributed by atoms with Crippen LogP contribution in [-0.2, 0) is 16.3 Å². The van der Waals surface area contributed by atoms with Gasteiger partial charge in [-0.25, -0.2) is 13.4 Å². The second-order valence-corrected chi connectivity index (χ2v) is 10.4. The van der Waals surface area contributed by atoms with E-state index in [4.69, 9.17) is 26.4 Å². The van der Waals surface area contributed by atoms with E-state index in [-0.39, 0.29) is 28.7 Å². The van der Waals surface area contributed by atoms with Crippen LogP contribution in [0.3, 0.4) is 0 Å². The van der Waals surface area contributed by atoms with Crippen LogP contribution in [0, 0.1) is 5.92 Å². The number of aromatic nitrogens is 1. The molecule has 0 amide bonds. The van der Waals surface area contributed by atoms with Crippen molar-refractivity contribution in [1.82, 2.24) is 4.98 Å². The van der Waals surface area contributed by atoms with E-state index in [0.29, 0.717) is 11.8 Å². The molecule has 31 heavy (non-hydrogen) atoms. The number of aliphatic hydroxyl groups excluding tert-OH is 1. The highest BCUT2D eigenvalue weighted by Gasteiger charge is 2.21. The Labute approximate surface area is 190 Å². The van der Waals surface area contributed by atoms with E-state index in [1.807, 2.05) is 12.1 Å². The Balaban J connectivity index is 2.06. The summed E-state index contributed by atoms with van der Waals surface area (Å²) in [5, 5.41) is 9.17. The van der Waals surface area contributed by atoms with E-state index in [9.17, 15) is 8.42 Å². The average Bonchev–Trinajstić information content (AvgIpc) is 3.28.